The van der Waals surface area contributed by atoms with E-state index in [9.17, 15) is 66.1 Å². The van der Waals surface area contributed by atoms with E-state index < -0.39 is 176 Å². The molecule has 9 aliphatic rings. The average Bonchev–Trinajstić information content (AvgIpc) is 3.95. The fourth-order valence-electron chi connectivity index (χ4n) is 15.0. The van der Waals surface area contributed by atoms with Gasteiger partial charge in [0.15, 0.2) is 36.7 Å². The van der Waals surface area contributed by atoms with Crippen LogP contribution in [-0.2, 0) is 52.2 Å². The number of aliphatic hydroxyl groups excluding tert-OH is 12. The molecule has 0 amide bonds. The van der Waals surface area contributed by atoms with Crippen molar-refractivity contribution in [1.82, 2.24) is 0 Å². The molecule has 5 heterocycles. The minimum absolute atomic E-state index is 0.0103. The monoisotopic (exact) mass is 1070 g/mol. The van der Waals surface area contributed by atoms with Crippen LogP contribution in [0.25, 0.3) is 0 Å². The number of ether oxygens (including phenoxy) is 9. The lowest BCUT2D eigenvalue weighted by Crippen LogP contribution is -2.66. The van der Waals surface area contributed by atoms with Crippen molar-refractivity contribution in [3.05, 3.63) is 11.1 Å². The van der Waals surface area contributed by atoms with E-state index in [2.05, 4.69) is 20.8 Å². The second kappa shape index (κ2) is 21.3. The maximum absolute atomic E-state index is 15.1. The average molecular weight is 1080 g/mol. The Morgan fingerprint density at radius 2 is 1.31 bits per heavy atom. The van der Waals surface area contributed by atoms with Crippen molar-refractivity contribution in [1.29, 1.82) is 0 Å². The number of carbonyl (C=O) groups excluding carboxylic acids is 2. The normalized spacial score (nSPS) is 54.2. The van der Waals surface area contributed by atoms with Gasteiger partial charge >= 0.3 is 0 Å². The molecule has 28 atom stereocenters. The van der Waals surface area contributed by atoms with Crippen LogP contribution >= 0.6 is 0 Å². The molecule has 0 aromatic carbocycles. The molecule has 0 aromatic rings. The lowest BCUT2D eigenvalue weighted by Gasteiger charge is -2.62. The summed E-state index contributed by atoms with van der Waals surface area (Å²) in [7, 11) is 0. The molecule has 4 aliphatic carbocycles. The van der Waals surface area contributed by atoms with Crippen LogP contribution in [0.2, 0.25) is 0 Å². The summed E-state index contributed by atoms with van der Waals surface area (Å²) in [6.45, 7) is 11.4. The van der Waals surface area contributed by atoms with E-state index in [4.69, 9.17) is 42.6 Å². The van der Waals surface area contributed by atoms with Crippen LogP contribution in [0.15, 0.2) is 11.1 Å². The molecule has 428 valence electrons. The number of hydrogen-bond acceptors (Lipinski definition) is 23. The molecule has 5 saturated heterocycles. The minimum Gasteiger partial charge on any atom is -0.396 e. The van der Waals surface area contributed by atoms with Gasteiger partial charge in [-0.2, -0.15) is 0 Å². The van der Waals surface area contributed by atoms with E-state index in [1.165, 1.54) is 12.5 Å². The van der Waals surface area contributed by atoms with Crippen molar-refractivity contribution in [3.63, 3.8) is 0 Å². The molecule has 7 fully saturated rings. The van der Waals surface area contributed by atoms with E-state index >= 15 is 4.79 Å². The first kappa shape index (κ1) is 57.9. The number of hydrogen-bond donors (Lipinski definition) is 12. The molecular formula is C52H82O23. The van der Waals surface area contributed by atoms with Gasteiger partial charge in [-0.15, -0.1) is 0 Å². The summed E-state index contributed by atoms with van der Waals surface area (Å²) in [6.07, 6.45) is -28.1. The van der Waals surface area contributed by atoms with E-state index in [0.29, 0.717) is 44.9 Å². The summed E-state index contributed by atoms with van der Waals surface area (Å²) in [5.74, 6) is -0.209. The van der Waals surface area contributed by atoms with E-state index in [1.807, 2.05) is 20.8 Å². The Balaban J connectivity index is 0.899. The zero-order valence-corrected chi connectivity index (χ0v) is 43.8. The van der Waals surface area contributed by atoms with E-state index in [1.54, 1.807) is 0 Å². The fourth-order valence-corrected chi connectivity index (χ4v) is 15.0. The van der Waals surface area contributed by atoms with Crippen molar-refractivity contribution < 1.29 is 113 Å². The number of allylic oxidation sites excluding steroid dienone is 2. The number of rotatable bonds is 13. The largest absolute Gasteiger partial charge is 0.396 e. The van der Waals surface area contributed by atoms with Crippen molar-refractivity contribution in [3.8, 4) is 0 Å². The molecular weight excluding hydrogens is 993 g/mol. The van der Waals surface area contributed by atoms with Crippen molar-refractivity contribution in [2.24, 2.45) is 33.5 Å². The van der Waals surface area contributed by atoms with Gasteiger partial charge in [-0.05, 0) is 87.9 Å². The van der Waals surface area contributed by atoms with Gasteiger partial charge in [-0.1, -0.05) is 45.8 Å². The highest BCUT2D eigenvalue weighted by Gasteiger charge is 2.73. The first-order valence-corrected chi connectivity index (χ1v) is 26.9. The topological polar surface area (TPSA) is 360 Å². The molecule has 9 rings (SSSR count). The molecule has 0 unspecified atom stereocenters. The summed E-state index contributed by atoms with van der Waals surface area (Å²) in [6, 6.07) is 0. The van der Waals surface area contributed by atoms with E-state index in [0.717, 1.165) is 18.4 Å². The Bertz CT molecular complexity index is 2120. The molecule has 23 nitrogen and oxygen atoms in total. The molecule has 1 spiro atoms. The Hall–Kier alpha value is -1.76. The fraction of sp³-hybridized carbons (Fsp3) is 0.923. The van der Waals surface area contributed by atoms with Gasteiger partial charge in [0.1, 0.15) is 97.2 Å². The summed E-state index contributed by atoms with van der Waals surface area (Å²) >= 11 is 0. The van der Waals surface area contributed by atoms with Crippen LogP contribution in [0.1, 0.15) is 106 Å². The highest BCUT2D eigenvalue weighted by atomic mass is 16.8. The maximum atomic E-state index is 15.1. The molecule has 23 heteroatoms. The summed E-state index contributed by atoms with van der Waals surface area (Å²) < 4.78 is 54.2. The third-order valence-electron chi connectivity index (χ3n) is 20.0. The maximum Gasteiger partial charge on any atom is 0.187 e. The minimum atomic E-state index is -1.92. The summed E-state index contributed by atoms with van der Waals surface area (Å²) in [5, 5.41) is 131. The van der Waals surface area contributed by atoms with Gasteiger partial charge in [0.05, 0.1) is 44.1 Å². The van der Waals surface area contributed by atoms with Crippen molar-refractivity contribution >= 4 is 11.6 Å². The van der Waals surface area contributed by atoms with Gasteiger partial charge in [0.2, 0.25) is 0 Å². The molecule has 0 bridgehead atoms. The van der Waals surface area contributed by atoms with Gasteiger partial charge < -0.3 is 104 Å². The Labute approximate surface area is 435 Å². The zero-order valence-electron chi connectivity index (χ0n) is 43.8. The predicted molar refractivity (Wildman–Crippen MR) is 253 cm³/mol. The zero-order chi connectivity index (χ0) is 54.6. The number of Topliss-reactive ketones (excluding diaryl/α,β-unsaturated/α-hetero) is 2. The van der Waals surface area contributed by atoms with E-state index in [-0.39, 0.29) is 30.0 Å². The smallest absolute Gasteiger partial charge is 0.187 e. The molecule has 0 radical (unpaired) electrons. The predicted octanol–water partition coefficient (Wildman–Crippen LogP) is -2.26. The lowest BCUT2D eigenvalue weighted by atomic mass is 9.44. The highest BCUT2D eigenvalue weighted by Crippen LogP contribution is 2.72. The van der Waals surface area contributed by atoms with Crippen LogP contribution < -0.4 is 0 Å². The lowest BCUT2D eigenvalue weighted by molar-refractivity contribution is -0.390. The van der Waals surface area contributed by atoms with Crippen LogP contribution in [0.4, 0.5) is 0 Å². The van der Waals surface area contributed by atoms with Crippen molar-refractivity contribution in [2.45, 2.75) is 241 Å². The van der Waals surface area contributed by atoms with Crippen molar-refractivity contribution in [2.75, 3.05) is 26.4 Å². The second-order valence-electron chi connectivity index (χ2n) is 24.1. The molecule has 5 aliphatic heterocycles. The Kier molecular flexibility index (Phi) is 16.4. The van der Waals surface area contributed by atoms with Gasteiger partial charge in [-0.3, -0.25) is 9.59 Å². The quantitative estimate of drug-likeness (QED) is 0.0866. The van der Waals surface area contributed by atoms with Crippen LogP contribution in [0.5, 0.6) is 0 Å². The standard InChI is InChI=1S/C52H82O23/c1-8-25(55)27-15-21(2)52(75-27)19-48(4)13-11-23-24(51(48,7)47(52)66)9-10-30-49(23,5)14-12-31(50(30,6)20-54)72-44-40(65)37(62)35(60)29(71-44)18-68-45-41(33(58)26(56)17-67-45)74-46-42(38(63)34(59)28(16-53)70-46)73-43-39(64)36(61)32(57)22(3)69-43/h21-22,26-46,53-54,56-65H,8-20H2,1-7H3/t21-,22+,26+,27-,28-,29-,30-,31+,32+,33+,34-,35-,36-,37+,38+,39-,40-,41-,42-,43+,44+,45+,46+,48-,49-,50-,51-,52-/m1/s1. The summed E-state index contributed by atoms with van der Waals surface area (Å²) in [4.78, 5) is 28.1. The number of ketones is 2. The first-order chi connectivity index (χ1) is 35.3. The molecule has 75 heavy (non-hydrogen) atoms. The van der Waals surface area contributed by atoms with Gasteiger partial charge in [0, 0.05) is 11.8 Å². The van der Waals surface area contributed by atoms with Crippen LogP contribution in [0, 0.1) is 33.5 Å². The molecule has 0 aromatic heterocycles. The third kappa shape index (κ3) is 9.25. The van der Waals surface area contributed by atoms with Gasteiger partial charge in [0.25, 0.3) is 0 Å². The first-order valence-electron chi connectivity index (χ1n) is 26.9. The molecule has 12 N–H and O–H groups in total. The van der Waals surface area contributed by atoms with Crippen LogP contribution in [0.3, 0.4) is 0 Å². The highest BCUT2D eigenvalue weighted by molar-refractivity contribution is 6.00. The molecule has 2 saturated carbocycles. The number of aliphatic hydroxyl groups is 12. The Morgan fingerprint density at radius 1 is 0.680 bits per heavy atom. The third-order valence-corrected chi connectivity index (χ3v) is 20.0. The Morgan fingerprint density at radius 3 is 1.97 bits per heavy atom. The SMILES string of the molecule is CCC(=O)[C@H]1C[C@@H](C)[C@@]2(C[C@@]3(C)CCC4=C(CC[C@H]5[C@@](C)(CO)[C@@H](O[C@@H]6O[C@H](CO[C@@H]7OC[C@H](O)[C@H](O)[C@H]7O[C@@H]7O[C@H](CO)[C@@H](O)[C@H](O)[C@H]7O[C@@H]7O[C@@H](C)[C@H](O)[C@@H](O)[C@H]7O)[C@@H](O)[C@H](O)[C@H]6O)CC[C@]45C)[C@]3(C)C2=O)O1. The second-order valence-corrected chi connectivity index (χ2v) is 24.1. The van der Waals surface area contributed by atoms with Gasteiger partial charge in [-0.25, -0.2) is 0 Å². The summed E-state index contributed by atoms with van der Waals surface area (Å²) in [5.41, 5.74) is -1.29. The van der Waals surface area contributed by atoms with Crippen LogP contribution in [-0.4, -0.2) is 234 Å². The number of fused-ring (bicyclic) bond motifs is 4. The number of carbonyl (C=O) groups is 2.